The molecule has 0 fully saturated rings. The van der Waals surface area contributed by atoms with Crippen LogP contribution in [0.1, 0.15) is 47.0 Å². The molecule has 76 valence electrons. The maximum atomic E-state index is 10.7. The second kappa shape index (κ2) is 6.88. The maximum Gasteiger partial charge on any atom is 0.152 e. The van der Waals surface area contributed by atoms with Crippen LogP contribution in [0.3, 0.4) is 0 Å². The molecule has 1 nitrogen and oxygen atoms in total. The molecule has 0 aliphatic rings. The van der Waals surface area contributed by atoms with Crippen LogP contribution < -0.4 is 0 Å². The van der Waals surface area contributed by atoms with Gasteiger partial charge < -0.3 is 0 Å². The molecule has 2 atom stereocenters. The number of rotatable bonds is 6. The van der Waals surface area contributed by atoms with E-state index in [9.17, 15) is 4.79 Å². The Balaban J connectivity index is 3.62. The smallest absolute Gasteiger partial charge is 0.152 e. The summed E-state index contributed by atoms with van der Waals surface area (Å²) in [6.45, 7) is 8.27. The van der Waals surface area contributed by atoms with Crippen molar-refractivity contribution in [2.45, 2.75) is 47.0 Å². The molecule has 0 aromatic heterocycles. The Morgan fingerprint density at radius 1 is 1.31 bits per heavy atom. The summed E-state index contributed by atoms with van der Waals surface area (Å²) < 4.78 is 0. The summed E-state index contributed by atoms with van der Waals surface area (Å²) in [6, 6.07) is 0. The Morgan fingerprint density at radius 2 is 1.92 bits per heavy atom. The largest absolute Gasteiger partial charge is 0.295 e. The van der Waals surface area contributed by atoms with E-state index >= 15 is 0 Å². The second-order valence-electron chi connectivity index (χ2n) is 4.04. The first-order valence-electron chi connectivity index (χ1n) is 5.25. The van der Waals surface area contributed by atoms with Gasteiger partial charge in [0, 0.05) is 0 Å². The summed E-state index contributed by atoms with van der Waals surface area (Å²) in [6.07, 6.45) is 7.41. The molecule has 0 spiro atoms. The van der Waals surface area contributed by atoms with Gasteiger partial charge in [0.25, 0.3) is 0 Å². The molecule has 0 aliphatic carbocycles. The molecule has 0 saturated carbocycles. The van der Waals surface area contributed by atoms with E-state index in [1.807, 2.05) is 6.08 Å². The third-order valence-corrected chi connectivity index (χ3v) is 2.47. The van der Waals surface area contributed by atoms with E-state index in [4.69, 9.17) is 0 Å². The minimum Gasteiger partial charge on any atom is -0.295 e. The average molecular weight is 182 g/mol. The Kier molecular flexibility index (Phi) is 6.56. The van der Waals surface area contributed by atoms with Crippen LogP contribution in [0, 0.1) is 11.8 Å². The number of ketones is 1. The summed E-state index contributed by atoms with van der Waals surface area (Å²) in [7, 11) is 0. The zero-order chi connectivity index (χ0) is 10.3. The van der Waals surface area contributed by atoms with Gasteiger partial charge in [-0.25, -0.2) is 0 Å². The summed E-state index contributed by atoms with van der Waals surface area (Å²) in [5, 5.41) is 0. The van der Waals surface area contributed by atoms with E-state index in [0.717, 1.165) is 5.92 Å². The lowest BCUT2D eigenvalue weighted by atomic mass is 9.96. The van der Waals surface area contributed by atoms with Gasteiger partial charge in [-0.3, -0.25) is 4.79 Å². The highest BCUT2D eigenvalue weighted by molar-refractivity contribution is 5.87. The third-order valence-electron chi connectivity index (χ3n) is 2.47. The molecule has 0 rings (SSSR count). The predicted molar refractivity (Wildman–Crippen MR) is 57.7 cm³/mol. The van der Waals surface area contributed by atoms with Crippen molar-refractivity contribution in [3.05, 3.63) is 12.2 Å². The molecular formula is C12H22O. The van der Waals surface area contributed by atoms with Gasteiger partial charge >= 0.3 is 0 Å². The van der Waals surface area contributed by atoms with E-state index < -0.39 is 0 Å². The molecular weight excluding hydrogens is 160 g/mol. The first-order valence-corrected chi connectivity index (χ1v) is 5.25. The molecule has 0 bridgehead atoms. The quantitative estimate of drug-likeness (QED) is 0.574. The molecule has 0 heterocycles. The van der Waals surface area contributed by atoms with Crippen molar-refractivity contribution in [2.24, 2.45) is 11.8 Å². The van der Waals surface area contributed by atoms with Crippen LogP contribution >= 0.6 is 0 Å². The number of allylic oxidation sites excluding steroid dienone is 2. The highest BCUT2D eigenvalue weighted by Crippen LogP contribution is 2.15. The topological polar surface area (TPSA) is 17.1 Å². The molecule has 0 N–H and O–H groups in total. The zero-order valence-corrected chi connectivity index (χ0v) is 9.34. The number of carbonyl (C=O) groups excluding carboxylic acids is 1. The Morgan fingerprint density at radius 3 is 2.38 bits per heavy atom. The molecule has 2 unspecified atom stereocenters. The van der Waals surface area contributed by atoms with Crippen LogP contribution in [0.15, 0.2) is 12.2 Å². The minimum atomic E-state index is 0.149. The van der Waals surface area contributed by atoms with Gasteiger partial charge in [0.15, 0.2) is 5.78 Å². The van der Waals surface area contributed by atoms with Crippen molar-refractivity contribution in [1.29, 1.82) is 0 Å². The molecule has 0 aliphatic heterocycles. The summed E-state index contributed by atoms with van der Waals surface area (Å²) >= 11 is 0. The zero-order valence-electron chi connectivity index (χ0n) is 9.34. The van der Waals surface area contributed by atoms with Gasteiger partial charge in [-0.05, 0) is 31.3 Å². The van der Waals surface area contributed by atoms with Crippen molar-refractivity contribution in [2.75, 3.05) is 0 Å². The van der Waals surface area contributed by atoms with Crippen molar-refractivity contribution < 1.29 is 4.79 Å². The molecule has 1 heteroatoms. The predicted octanol–water partition coefficient (Wildman–Crippen LogP) is 3.59. The first-order chi connectivity index (χ1) is 6.06. The van der Waals surface area contributed by atoms with Gasteiger partial charge in [-0.1, -0.05) is 39.7 Å². The van der Waals surface area contributed by atoms with Gasteiger partial charge in [-0.2, -0.15) is 0 Å². The summed E-state index contributed by atoms with van der Waals surface area (Å²) in [5.41, 5.74) is 0. The van der Waals surface area contributed by atoms with Crippen LogP contribution in [0.2, 0.25) is 0 Å². The van der Waals surface area contributed by atoms with Gasteiger partial charge in [0.1, 0.15) is 0 Å². The fourth-order valence-corrected chi connectivity index (χ4v) is 1.15. The van der Waals surface area contributed by atoms with E-state index in [2.05, 4.69) is 20.8 Å². The summed E-state index contributed by atoms with van der Waals surface area (Å²) in [5.74, 6) is 1.50. The van der Waals surface area contributed by atoms with Crippen molar-refractivity contribution in [1.82, 2.24) is 0 Å². The van der Waals surface area contributed by atoms with Crippen molar-refractivity contribution in [3.8, 4) is 0 Å². The number of carbonyl (C=O) groups is 1. The van der Waals surface area contributed by atoms with E-state index in [1.54, 1.807) is 13.0 Å². The molecule has 0 radical (unpaired) electrons. The molecule has 0 aromatic rings. The van der Waals surface area contributed by atoms with E-state index in [-0.39, 0.29) is 5.78 Å². The monoisotopic (exact) mass is 182 g/mol. The number of hydrogen-bond donors (Lipinski definition) is 0. The van der Waals surface area contributed by atoms with Crippen LogP contribution in [0.4, 0.5) is 0 Å². The Labute approximate surface area is 82.2 Å². The lowest BCUT2D eigenvalue weighted by molar-refractivity contribution is -0.112. The van der Waals surface area contributed by atoms with Crippen LogP contribution in [-0.4, -0.2) is 5.78 Å². The van der Waals surface area contributed by atoms with Gasteiger partial charge in [0.05, 0.1) is 0 Å². The van der Waals surface area contributed by atoms with Crippen molar-refractivity contribution in [3.63, 3.8) is 0 Å². The van der Waals surface area contributed by atoms with Crippen LogP contribution in [0.25, 0.3) is 0 Å². The highest BCUT2D eigenvalue weighted by Gasteiger charge is 2.02. The summed E-state index contributed by atoms with van der Waals surface area (Å²) in [4.78, 5) is 10.7. The van der Waals surface area contributed by atoms with Crippen LogP contribution in [0.5, 0.6) is 0 Å². The first kappa shape index (κ1) is 12.4. The average Bonchev–Trinajstić information content (AvgIpc) is 2.10. The van der Waals surface area contributed by atoms with Crippen molar-refractivity contribution >= 4 is 5.78 Å². The lowest BCUT2D eigenvalue weighted by Gasteiger charge is -2.10. The Hall–Kier alpha value is -0.590. The normalized spacial score (nSPS) is 16.0. The third kappa shape index (κ3) is 7.76. The fourth-order valence-electron chi connectivity index (χ4n) is 1.15. The van der Waals surface area contributed by atoms with Gasteiger partial charge in [-0.15, -0.1) is 0 Å². The molecule has 0 amide bonds. The second-order valence-corrected chi connectivity index (χ2v) is 4.04. The highest BCUT2D eigenvalue weighted by atomic mass is 16.1. The Bertz CT molecular complexity index is 170. The van der Waals surface area contributed by atoms with Gasteiger partial charge in [0.2, 0.25) is 0 Å². The maximum absolute atomic E-state index is 10.7. The van der Waals surface area contributed by atoms with Crippen LogP contribution in [-0.2, 0) is 4.79 Å². The molecule has 0 aromatic carbocycles. The van der Waals surface area contributed by atoms with E-state index in [0.29, 0.717) is 5.92 Å². The number of hydrogen-bond acceptors (Lipinski definition) is 1. The standard InChI is InChI=1S/C12H22O/c1-5-10(2)6-7-11(3)8-9-12(4)13/h8-11H,5-7H2,1-4H3/b9-8+. The lowest BCUT2D eigenvalue weighted by Crippen LogP contribution is -1.97. The fraction of sp³-hybridized carbons (Fsp3) is 0.750. The SMILES string of the molecule is CCC(C)CCC(C)/C=C/C(C)=O. The minimum absolute atomic E-state index is 0.149. The molecule has 0 saturated heterocycles. The molecule has 13 heavy (non-hydrogen) atoms. The van der Waals surface area contributed by atoms with E-state index in [1.165, 1.54) is 19.3 Å².